The Hall–Kier alpha value is -2.88. The van der Waals surface area contributed by atoms with Gasteiger partial charge in [-0.15, -0.1) is 0 Å². The maximum absolute atomic E-state index is 13.1. The third kappa shape index (κ3) is 2.23. The van der Waals surface area contributed by atoms with E-state index in [9.17, 15) is 4.79 Å². The number of para-hydroxylation sites is 1. The maximum atomic E-state index is 13.1. The average Bonchev–Trinajstić information content (AvgIpc) is 3.18. The minimum Gasteiger partial charge on any atom is -0.438 e. The van der Waals surface area contributed by atoms with Gasteiger partial charge in [0.15, 0.2) is 6.39 Å². The van der Waals surface area contributed by atoms with Gasteiger partial charge in [0.2, 0.25) is 5.76 Å². The lowest BCUT2D eigenvalue weighted by Gasteiger charge is -2.21. The molecular weight excluding hydrogens is 288 g/mol. The van der Waals surface area contributed by atoms with Crippen LogP contribution in [-0.4, -0.2) is 16.9 Å². The Morgan fingerprint density at radius 1 is 1.13 bits per heavy atom. The monoisotopic (exact) mass is 304 g/mol. The van der Waals surface area contributed by atoms with Crippen LogP contribution in [0.5, 0.6) is 0 Å². The first-order chi connectivity index (χ1) is 11.3. The standard InChI is InChI=1S/C19H16N2O2/c1-13-11-15-9-5-6-10-16(15)21(13)19(22)18-17(20-12-23-18)14-7-3-2-4-8-14/h2-10,12-13H,11H2,1H3. The van der Waals surface area contributed by atoms with Gasteiger partial charge >= 0.3 is 0 Å². The van der Waals surface area contributed by atoms with Crippen molar-refractivity contribution in [3.8, 4) is 11.3 Å². The van der Waals surface area contributed by atoms with Gasteiger partial charge in [0.05, 0.1) is 0 Å². The molecule has 0 fully saturated rings. The molecule has 4 nitrogen and oxygen atoms in total. The van der Waals surface area contributed by atoms with Crippen LogP contribution in [0.1, 0.15) is 23.0 Å². The Labute approximate surface area is 134 Å². The van der Waals surface area contributed by atoms with Crippen molar-refractivity contribution in [3.05, 3.63) is 72.3 Å². The van der Waals surface area contributed by atoms with Gasteiger partial charge in [-0.25, -0.2) is 4.98 Å². The Balaban J connectivity index is 1.76. The van der Waals surface area contributed by atoms with Gasteiger partial charge < -0.3 is 9.32 Å². The van der Waals surface area contributed by atoms with E-state index < -0.39 is 0 Å². The number of fused-ring (bicyclic) bond motifs is 1. The topological polar surface area (TPSA) is 46.3 Å². The molecule has 2 aromatic carbocycles. The highest BCUT2D eigenvalue weighted by atomic mass is 16.3. The van der Waals surface area contributed by atoms with Gasteiger partial charge in [0.1, 0.15) is 5.69 Å². The Morgan fingerprint density at radius 3 is 2.70 bits per heavy atom. The average molecular weight is 304 g/mol. The molecule has 3 aromatic rings. The van der Waals surface area contributed by atoms with Gasteiger partial charge in [0, 0.05) is 17.3 Å². The van der Waals surface area contributed by atoms with Crippen molar-refractivity contribution >= 4 is 11.6 Å². The molecule has 1 aliphatic heterocycles. The summed E-state index contributed by atoms with van der Waals surface area (Å²) in [6, 6.07) is 17.7. The molecule has 2 heterocycles. The molecular formula is C19H16N2O2. The third-order valence-electron chi connectivity index (χ3n) is 4.23. The van der Waals surface area contributed by atoms with E-state index >= 15 is 0 Å². The highest BCUT2D eigenvalue weighted by molar-refractivity contribution is 6.09. The molecule has 1 aromatic heterocycles. The van der Waals surface area contributed by atoms with Crippen LogP contribution in [0.3, 0.4) is 0 Å². The van der Waals surface area contributed by atoms with Gasteiger partial charge in [-0.05, 0) is 25.0 Å². The first-order valence-electron chi connectivity index (χ1n) is 7.66. The molecule has 1 unspecified atom stereocenters. The summed E-state index contributed by atoms with van der Waals surface area (Å²) in [4.78, 5) is 19.1. The SMILES string of the molecule is CC1Cc2ccccc2N1C(=O)c1ocnc1-c1ccccc1. The molecule has 1 aliphatic rings. The zero-order chi connectivity index (χ0) is 15.8. The van der Waals surface area contributed by atoms with Crippen LogP contribution in [0, 0.1) is 0 Å². The molecule has 0 aliphatic carbocycles. The summed E-state index contributed by atoms with van der Waals surface area (Å²) in [5, 5.41) is 0. The number of amides is 1. The van der Waals surface area contributed by atoms with Crippen LogP contribution in [0.4, 0.5) is 5.69 Å². The summed E-state index contributed by atoms with van der Waals surface area (Å²) >= 11 is 0. The van der Waals surface area contributed by atoms with Crippen LogP contribution in [-0.2, 0) is 6.42 Å². The fourth-order valence-electron chi connectivity index (χ4n) is 3.18. The number of carbonyl (C=O) groups excluding carboxylic acids is 1. The quantitative estimate of drug-likeness (QED) is 0.720. The second kappa shape index (κ2) is 5.39. The molecule has 0 spiro atoms. The molecule has 0 bridgehead atoms. The number of rotatable bonds is 2. The van der Waals surface area contributed by atoms with E-state index in [1.807, 2.05) is 53.4 Å². The van der Waals surface area contributed by atoms with Crippen molar-refractivity contribution in [1.29, 1.82) is 0 Å². The number of hydrogen-bond donors (Lipinski definition) is 0. The molecule has 0 saturated heterocycles. The second-order valence-electron chi connectivity index (χ2n) is 5.75. The van der Waals surface area contributed by atoms with E-state index in [0.29, 0.717) is 11.5 Å². The van der Waals surface area contributed by atoms with Gasteiger partial charge in [-0.3, -0.25) is 4.79 Å². The van der Waals surface area contributed by atoms with Crippen LogP contribution in [0.15, 0.2) is 65.4 Å². The fourth-order valence-corrected chi connectivity index (χ4v) is 3.18. The Kier molecular flexibility index (Phi) is 3.23. The van der Waals surface area contributed by atoms with Gasteiger partial charge in [-0.2, -0.15) is 0 Å². The highest BCUT2D eigenvalue weighted by Gasteiger charge is 2.34. The van der Waals surface area contributed by atoms with E-state index in [4.69, 9.17) is 4.42 Å². The predicted octanol–water partition coefficient (Wildman–Crippen LogP) is 3.93. The Morgan fingerprint density at radius 2 is 1.87 bits per heavy atom. The van der Waals surface area contributed by atoms with Crippen LogP contribution in [0.25, 0.3) is 11.3 Å². The van der Waals surface area contributed by atoms with Crippen LogP contribution < -0.4 is 4.90 Å². The summed E-state index contributed by atoms with van der Waals surface area (Å²) in [6.45, 7) is 2.05. The first kappa shape index (κ1) is 13.8. The van der Waals surface area contributed by atoms with Crippen LogP contribution >= 0.6 is 0 Å². The van der Waals surface area contributed by atoms with E-state index in [1.54, 1.807) is 0 Å². The van der Waals surface area contributed by atoms with E-state index in [-0.39, 0.29) is 11.9 Å². The second-order valence-corrected chi connectivity index (χ2v) is 5.75. The van der Waals surface area contributed by atoms with E-state index in [0.717, 1.165) is 17.7 Å². The maximum Gasteiger partial charge on any atom is 0.296 e. The smallest absolute Gasteiger partial charge is 0.296 e. The Bertz CT molecular complexity index is 855. The highest BCUT2D eigenvalue weighted by Crippen LogP contribution is 2.34. The van der Waals surface area contributed by atoms with E-state index in [2.05, 4.69) is 18.0 Å². The molecule has 114 valence electrons. The minimum absolute atomic E-state index is 0.105. The molecule has 0 radical (unpaired) electrons. The lowest BCUT2D eigenvalue weighted by molar-refractivity contribution is 0.0955. The molecule has 1 atom stereocenters. The lowest BCUT2D eigenvalue weighted by Crippen LogP contribution is -2.35. The van der Waals surface area contributed by atoms with Crippen molar-refractivity contribution in [3.63, 3.8) is 0 Å². The molecule has 1 amide bonds. The van der Waals surface area contributed by atoms with Crippen molar-refractivity contribution in [2.75, 3.05) is 4.90 Å². The van der Waals surface area contributed by atoms with Crippen molar-refractivity contribution in [2.45, 2.75) is 19.4 Å². The molecule has 0 N–H and O–H groups in total. The number of carbonyl (C=O) groups is 1. The largest absolute Gasteiger partial charge is 0.438 e. The predicted molar refractivity (Wildman–Crippen MR) is 88.4 cm³/mol. The third-order valence-corrected chi connectivity index (χ3v) is 4.23. The zero-order valence-electron chi connectivity index (χ0n) is 12.8. The van der Waals surface area contributed by atoms with E-state index in [1.165, 1.54) is 12.0 Å². The number of aromatic nitrogens is 1. The van der Waals surface area contributed by atoms with Crippen molar-refractivity contribution in [1.82, 2.24) is 4.98 Å². The summed E-state index contributed by atoms with van der Waals surface area (Å²) in [7, 11) is 0. The summed E-state index contributed by atoms with van der Waals surface area (Å²) in [5.41, 5.74) is 3.62. The van der Waals surface area contributed by atoms with Crippen molar-refractivity contribution in [2.24, 2.45) is 0 Å². The normalized spacial score (nSPS) is 16.4. The number of benzene rings is 2. The summed E-state index contributed by atoms with van der Waals surface area (Å²) < 4.78 is 5.45. The minimum atomic E-state index is -0.140. The number of anilines is 1. The number of oxazole rings is 1. The lowest BCUT2D eigenvalue weighted by atomic mass is 10.1. The number of nitrogens with zero attached hydrogens (tertiary/aromatic N) is 2. The molecule has 4 rings (SSSR count). The zero-order valence-corrected chi connectivity index (χ0v) is 12.8. The van der Waals surface area contributed by atoms with Crippen molar-refractivity contribution < 1.29 is 9.21 Å². The summed E-state index contributed by atoms with van der Waals surface area (Å²) in [5.74, 6) is 0.151. The molecule has 0 saturated carbocycles. The first-order valence-corrected chi connectivity index (χ1v) is 7.66. The van der Waals surface area contributed by atoms with Gasteiger partial charge in [-0.1, -0.05) is 48.5 Å². The molecule has 23 heavy (non-hydrogen) atoms. The summed E-state index contributed by atoms with van der Waals surface area (Å²) in [6.07, 6.45) is 2.19. The van der Waals surface area contributed by atoms with Gasteiger partial charge in [0.25, 0.3) is 5.91 Å². The van der Waals surface area contributed by atoms with Crippen LogP contribution in [0.2, 0.25) is 0 Å². The number of hydrogen-bond acceptors (Lipinski definition) is 3. The fraction of sp³-hybridized carbons (Fsp3) is 0.158. The molecule has 4 heteroatoms.